The smallest absolute Gasteiger partial charge is 0.219 e. The Morgan fingerprint density at radius 3 is 2.63 bits per heavy atom. The molecule has 0 aliphatic heterocycles. The summed E-state index contributed by atoms with van der Waals surface area (Å²) in [7, 11) is 0. The van der Waals surface area contributed by atoms with Crippen molar-refractivity contribution in [2.45, 2.75) is 30.3 Å². The van der Waals surface area contributed by atoms with Gasteiger partial charge >= 0.3 is 0 Å². The fraction of sp³-hybridized carbons (Fsp3) is 0.222. The molecule has 3 rings (SSSR count). The molecule has 0 aliphatic carbocycles. The molecule has 2 N–H and O–H groups in total. The third kappa shape index (κ3) is 4.61. The summed E-state index contributed by atoms with van der Waals surface area (Å²) in [6.07, 6.45) is 0.143. The van der Waals surface area contributed by atoms with E-state index in [9.17, 15) is 14.0 Å². The number of hydrogen-bond acceptors (Lipinski definition) is 6. The van der Waals surface area contributed by atoms with Crippen molar-refractivity contribution in [3.8, 4) is 10.7 Å². The van der Waals surface area contributed by atoms with Gasteiger partial charge in [-0.15, -0.1) is 21.5 Å². The summed E-state index contributed by atoms with van der Waals surface area (Å²) in [5, 5.41) is 10.4. The number of thioether (sulfide) groups is 1. The van der Waals surface area contributed by atoms with Crippen LogP contribution in [0.4, 0.5) is 4.39 Å². The lowest BCUT2D eigenvalue weighted by Crippen LogP contribution is -2.17. The van der Waals surface area contributed by atoms with Crippen LogP contribution in [0.1, 0.15) is 23.7 Å². The second-order valence-corrected chi connectivity index (χ2v) is 8.04. The Morgan fingerprint density at radius 1 is 1.26 bits per heavy atom. The number of carbonyl (C=O) groups is 2. The number of aromatic nitrogens is 3. The number of nitrogens with zero attached hydrogens (tertiary/aromatic N) is 3. The fourth-order valence-corrected chi connectivity index (χ4v) is 4.12. The Morgan fingerprint density at radius 2 is 2.00 bits per heavy atom. The number of halogens is 1. The Labute approximate surface area is 163 Å². The predicted molar refractivity (Wildman–Crippen MR) is 103 cm³/mol. The predicted octanol–water partition coefficient (Wildman–Crippen LogP) is 3.38. The van der Waals surface area contributed by atoms with E-state index in [4.69, 9.17) is 5.73 Å². The summed E-state index contributed by atoms with van der Waals surface area (Å²) in [4.78, 5) is 24.7. The molecule has 0 bridgehead atoms. The number of nitrogens with two attached hydrogens (primary N) is 1. The molecule has 2 aromatic heterocycles. The van der Waals surface area contributed by atoms with Crippen LogP contribution in [0.3, 0.4) is 0 Å². The van der Waals surface area contributed by atoms with Gasteiger partial charge in [0, 0.05) is 18.5 Å². The molecule has 1 atom stereocenters. The maximum absolute atomic E-state index is 13.1. The lowest BCUT2D eigenvalue weighted by Gasteiger charge is -2.12. The summed E-state index contributed by atoms with van der Waals surface area (Å²) in [5.74, 6) is -0.317. The van der Waals surface area contributed by atoms with E-state index in [1.807, 2.05) is 17.5 Å². The van der Waals surface area contributed by atoms with E-state index < -0.39 is 17.0 Å². The molecule has 9 heteroatoms. The molecule has 1 amide bonds. The molecular weight excluding hydrogens is 387 g/mol. The Balaban J connectivity index is 1.83. The van der Waals surface area contributed by atoms with E-state index in [0.717, 1.165) is 4.88 Å². The lowest BCUT2D eigenvalue weighted by atomic mass is 10.1. The first-order valence-electron chi connectivity index (χ1n) is 8.17. The molecule has 1 unspecified atom stereocenters. The van der Waals surface area contributed by atoms with Gasteiger partial charge in [-0.05, 0) is 42.6 Å². The molecule has 27 heavy (non-hydrogen) atoms. The van der Waals surface area contributed by atoms with Gasteiger partial charge in [-0.2, -0.15) is 0 Å². The topological polar surface area (TPSA) is 90.9 Å². The maximum Gasteiger partial charge on any atom is 0.219 e. The second kappa shape index (κ2) is 8.45. The zero-order valence-electron chi connectivity index (χ0n) is 14.5. The first-order valence-corrected chi connectivity index (χ1v) is 9.93. The average Bonchev–Trinajstić information content (AvgIpc) is 3.29. The van der Waals surface area contributed by atoms with Crippen molar-refractivity contribution >= 4 is 34.8 Å². The molecule has 2 heterocycles. The van der Waals surface area contributed by atoms with Crippen LogP contribution < -0.4 is 5.73 Å². The number of benzene rings is 1. The van der Waals surface area contributed by atoms with Gasteiger partial charge in [0.1, 0.15) is 5.82 Å². The van der Waals surface area contributed by atoms with Gasteiger partial charge in [-0.1, -0.05) is 17.8 Å². The Hall–Kier alpha value is -2.52. The summed E-state index contributed by atoms with van der Waals surface area (Å²) >= 11 is 2.76. The van der Waals surface area contributed by atoms with Crippen molar-refractivity contribution in [1.29, 1.82) is 0 Å². The molecule has 0 saturated carbocycles. The van der Waals surface area contributed by atoms with Gasteiger partial charge in [-0.3, -0.25) is 9.59 Å². The van der Waals surface area contributed by atoms with E-state index in [2.05, 4.69) is 10.2 Å². The minimum Gasteiger partial charge on any atom is -0.370 e. The van der Waals surface area contributed by atoms with Crippen molar-refractivity contribution in [1.82, 2.24) is 14.8 Å². The van der Waals surface area contributed by atoms with Gasteiger partial charge in [0.25, 0.3) is 0 Å². The summed E-state index contributed by atoms with van der Waals surface area (Å²) in [6, 6.07) is 9.26. The third-order valence-corrected chi connectivity index (χ3v) is 5.77. The molecule has 140 valence electrons. The number of ketones is 1. The molecular formula is C18H17FN4O2S2. The quantitative estimate of drug-likeness (QED) is 0.459. The van der Waals surface area contributed by atoms with Crippen LogP contribution in [-0.4, -0.2) is 31.7 Å². The van der Waals surface area contributed by atoms with Gasteiger partial charge in [0.05, 0.1) is 10.1 Å². The van der Waals surface area contributed by atoms with Gasteiger partial charge < -0.3 is 10.3 Å². The molecule has 0 fully saturated rings. The van der Waals surface area contributed by atoms with Gasteiger partial charge in [-0.25, -0.2) is 4.39 Å². The molecule has 3 aromatic rings. The van der Waals surface area contributed by atoms with E-state index in [0.29, 0.717) is 23.1 Å². The summed E-state index contributed by atoms with van der Waals surface area (Å²) < 4.78 is 14.9. The largest absolute Gasteiger partial charge is 0.370 e. The van der Waals surface area contributed by atoms with Gasteiger partial charge in [0.2, 0.25) is 5.91 Å². The standard InChI is InChI=1S/C18H17FN4O2S2/c1-11(16(25)12-4-6-13(19)7-5-12)27-18-22-21-17(14-3-2-10-26-14)23(18)9-8-15(20)24/h2-7,10-11H,8-9H2,1H3,(H2,20,24). The molecule has 0 spiro atoms. The molecule has 0 saturated heterocycles. The van der Waals surface area contributed by atoms with Crippen LogP contribution in [0.25, 0.3) is 10.7 Å². The van der Waals surface area contributed by atoms with Crippen LogP contribution in [0.15, 0.2) is 46.9 Å². The Bertz CT molecular complexity index is 939. The zero-order chi connectivity index (χ0) is 19.4. The number of amides is 1. The lowest BCUT2D eigenvalue weighted by molar-refractivity contribution is -0.118. The molecule has 1 aromatic carbocycles. The highest BCUT2D eigenvalue weighted by Gasteiger charge is 2.22. The van der Waals surface area contributed by atoms with Crippen LogP contribution >= 0.6 is 23.1 Å². The number of primary amides is 1. The van der Waals surface area contributed by atoms with E-state index in [-0.39, 0.29) is 12.2 Å². The highest BCUT2D eigenvalue weighted by Crippen LogP contribution is 2.30. The zero-order valence-corrected chi connectivity index (χ0v) is 16.1. The number of carbonyl (C=O) groups excluding carboxylic acids is 2. The minimum atomic E-state index is -0.455. The summed E-state index contributed by atoms with van der Waals surface area (Å²) in [6.45, 7) is 2.09. The van der Waals surface area contributed by atoms with Crippen molar-refractivity contribution in [3.63, 3.8) is 0 Å². The normalized spacial score (nSPS) is 12.1. The van der Waals surface area contributed by atoms with E-state index in [1.54, 1.807) is 11.5 Å². The fourth-order valence-electron chi connectivity index (χ4n) is 2.45. The number of hydrogen-bond donors (Lipinski definition) is 1. The number of rotatable bonds is 8. The van der Waals surface area contributed by atoms with Crippen LogP contribution in [-0.2, 0) is 11.3 Å². The second-order valence-electron chi connectivity index (χ2n) is 5.78. The van der Waals surface area contributed by atoms with E-state index in [1.165, 1.54) is 47.4 Å². The van der Waals surface area contributed by atoms with Crippen molar-refractivity contribution in [2.75, 3.05) is 0 Å². The van der Waals surface area contributed by atoms with Crippen molar-refractivity contribution < 1.29 is 14.0 Å². The first kappa shape index (κ1) is 19.2. The number of Topliss-reactive ketones (excluding diaryl/α,β-unsaturated/α-hetero) is 1. The first-order chi connectivity index (χ1) is 13.0. The van der Waals surface area contributed by atoms with Crippen molar-refractivity contribution in [3.05, 3.63) is 53.2 Å². The maximum atomic E-state index is 13.1. The SMILES string of the molecule is CC(Sc1nnc(-c2cccs2)n1CCC(N)=O)C(=O)c1ccc(F)cc1. The third-order valence-electron chi connectivity index (χ3n) is 3.82. The van der Waals surface area contributed by atoms with Gasteiger partial charge in [0.15, 0.2) is 16.8 Å². The monoisotopic (exact) mass is 404 g/mol. The molecule has 0 radical (unpaired) electrons. The average molecular weight is 404 g/mol. The van der Waals surface area contributed by atoms with Crippen LogP contribution in [0.5, 0.6) is 0 Å². The van der Waals surface area contributed by atoms with E-state index >= 15 is 0 Å². The Kier molecular flexibility index (Phi) is 6.02. The van der Waals surface area contributed by atoms with Crippen molar-refractivity contribution in [2.24, 2.45) is 5.73 Å². The highest BCUT2D eigenvalue weighted by atomic mass is 32.2. The summed E-state index contributed by atoms with van der Waals surface area (Å²) in [5.41, 5.74) is 5.71. The van der Waals surface area contributed by atoms with Crippen LogP contribution in [0, 0.1) is 5.82 Å². The van der Waals surface area contributed by atoms with Crippen LogP contribution in [0.2, 0.25) is 0 Å². The molecule has 6 nitrogen and oxygen atoms in total. The minimum absolute atomic E-state index is 0.137. The highest BCUT2D eigenvalue weighted by molar-refractivity contribution is 8.00. The molecule has 0 aliphatic rings. The number of thiophene rings is 1.